The van der Waals surface area contributed by atoms with Gasteiger partial charge in [-0.25, -0.2) is 4.98 Å². The number of aromatic nitrogens is 3. The van der Waals surface area contributed by atoms with Crippen molar-refractivity contribution in [3.8, 4) is 0 Å². The van der Waals surface area contributed by atoms with Crippen LogP contribution < -0.4 is 5.32 Å². The van der Waals surface area contributed by atoms with Crippen molar-refractivity contribution in [2.45, 2.75) is 46.6 Å². The fraction of sp³-hybridized carbons (Fsp3) is 0.529. The first-order valence-corrected chi connectivity index (χ1v) is 7.84. The molecule has 2 rings (SSSR count). The van der Waals surface area contributed by atoms with Gasteiger partial charge in [-0.2, -0.15) is 0 Å². The van der Waals surface area contributed by atoms with Gasteiger partial charge in [-0.05, 0) is 26.3 Å². The van der Waals surface area contributed by atoms with E-state index in [1.54, 1.807) is 0 Å². The van der Waals surface area contributed by atoms with Crippen molar-refractivity contribution < 1.29 is 4.79 Å². The number of hydrogen-bond donors (Lipinski definition) is 1. The van der Waals surface area contributed by atoms with Crippen LogP contribution in [0.2, 0.25) is 0 Å². The minimum Gasteiger partial charge on any atom is -0.352 e. The second-order valence-corrected chi connectivity index (χ2v) is 6.09. The minimum atomic E-state index is 0.0101. The number of amides is 1. The lowest BCUT2D eigenvalue weighted by Crippen LogP contribution is -2.25. The van der Waals surface area contributed by atoms with Crippen molar-refractivity contribution in [3.05, 3.63) is 41.2 Å². The number of rotatable bonds is 6. The molecule has 0 atom stereocenters. The molecule has 0 radical (unpaired) electrons. The maximum absolute atomic E-state index is 12.2. The first-order chi connectivity index (χ1) is 10.4. The SMILES string of the molecule is Cc1cc(C(=O)NCCCn2ccnc2C(C)C)c(C)n1C. The molecule has 5 heteroatoms. The van der Waals surface area contributed by atoms with Crippen LogP contribution in [-0.2, 0) is 13.6 Å². The first-order valence-electron chi connectivity index (χ1n) is 7.84. The van der Waals surface area contributed by atoms with E-state index in [0.717, 1.165) is 35.7 Å². The summed E-state index contributed by atoms with van der Waals surface area (Å²) in [5, 5.41) is 3.01. The molecule has 0 saturated carbocycles. The van der Waals surface area contributed by atoms with E-state index in [0.29, 0.717) is 12.5 Å². The quantitative estimate of drug-likeness (QED) is 0.834. The summed E-state index contributed by atoms with van der Waals surface area (Å²) in [4.78, 5) is 16.6. The van der Waals surface area contributed by atoms with Crippen LogP contribution in [-0.4, -0.2) is 26.6 Å². The van der Waals surface area contributed by atoms with E-state index in [4.69, 9.17) is 0 Å². The Morgan fingerprint density at radius 1 is 1.36 bits per heavy atom. The largest absolute Gasteiger partial charge is 0.352 e. The van der Waals surface area contributed by atoms with Crippen molar-refractivity contribution >= 4 is 5.91 Å². The topological polar surface area (TPSA) is 51.9 Å². The molecule has 5 nitrogen and oxygen atoms in total. The van der Waals surface area contributed by atoms with Gasteiger partial charge in [0, 0.05) is 49.8 Å². The van der Waals surface area contributed by atoms with E-state index in [-0.39, 0.29) is 5.91 Å². The molecule has 1 N–H and O–H groups in total. The zero-order chi connectivity index (χ0) is 16.3. The predicted molar refractivity (Wildman–Crippen MR) is 88.2 cm³/mol. The van der Waals surface area contributed by atoms with Crippen LogP contribution in [0.4, 0.5) is 0 Å². The number of nitrogens with one attached hydrogen (secondary N) is 1. The fourth-order valence-corrected chi connectivity index (χ4v) is 2.64. The monoisotopic (exact) mass is 302 g/mol. The average Bonchev–Trinajstić information content (AvgIpc) is 3.04. The highest BCUT2D eigenvalue weighted by Crippen LogP contribution is 2.13. The molecule has 0 aliphatic rings. The Bertz CT molecular complexity index is 652. The van der Waals surface area contributed by atoms with Crippen molar-refractivity contribution in [1.82, 2.24) is 19.4 Å². The van der Waals surface area contributed by atoms with Gasteiger partial charge in [-0.3, -0.25) is 4.79 Å². The molecule has 0 saturated heterocycles. The summed E-state index contributed by atoms with van der Waals surface area (Å²) in [6.07, 6.45) is 4.73. The summed E-state index contributed by atoms with van der Waals surface area (Å²) in [5.74, 6) is 1.52. The molecule has 2 heterocycles. The standard InChI is InChI=1S/C17H26N4O/c1-12(2)16-18-8-10-21(16)9-6-7-19-17(22)15-11-13(3)20(5)14(15)4/h8,10-12H,6-7,9H2,1-5H3,(H,19,22). The second-order valence-electron chi connectivity index (χ2n) is 6.09. The Labute approximate surface area is 132 Å². The number of hydrogen-bond acceptors (Lipinski definition) is 2. The third-order valence-corrected chi connectivity index (χ3v) is 4.15. The first kappa shape index (κ1) is 16.3. The lowest BCUT2D eigenvalue weighted by Gasteiger charge is -2.10. The summed E-state index contributed by atoms with van der Waals surface area (Å²) in [6, 6.07) is 1.94. The van der Waals surface area contributed by atoms with Gasteiger partial charge in [-0.15, -0.1) is 0 Å². The van der Waals surface area contributed by atoms with Gasteiger partial charge in [0.05, 0.1) is 5.56 Å². The van der Waals surface area contributed by atoms with Gasteiger partial charge in [0.1, 0.15) is 5.82 Å². The molecular weight excluding hydrogens is 276 g/mol. The summed E-state index contributed by atoms with van der Waals surface area (Å²) in [6.45, 7) is 9.81. The molecule has 0 spiro atoms. The molecule has 0 fully saturated rings. The van der Waals surface area contributed by atoms with Crippen molar-refractivity contribution in [2.24, 2.45) is 7.05 Å². The number of carbonyl (C=O) groups is 1. The molecular formula is C17H26N4O. The smallest absolute Gasteiger partial charge is 0.253 e. The highest BCUT2D eigenvalue weighted by atomic mass is 16.1. The number of aryl methyl sites for hydroxylation is 2. The molecule has 120 valence electrons. The molecule has 1 amide bonds. The van der Waals surface area contributed by atoms with Crippen LogP contribution in [0.15, 0.2) is 18.5 Å². The normalized spacial score (nSPS) is 11.2. The summed E-state index contributed by atoms with van der Waals surface area (Å²) in [7, 11) is 1.98. The van der Waals surface area contributed by atoms with Gasteiger partial charge in [0.15, 0.2) is 0 Å². The molecule has 2 aromatic rings. The third-order valence-electron chi connectivity index (χ3n) is 4.15. The van der Waals surface area contributed by atoms with E-state index in [2.05, 4.69) is 28.7 Å². The van der Waals surface area contributed by atoms with Crippen LogP contribution in [0, 0.1) is 13.8 Å². The summed E-state index contributed by atoms with van der Waals surface area (Å²) < 4.78 is 4.20. The van der Waals surface area contributed by atoms with E-state index >= 15 is 0 Å². The number of imidazole rings is 1. The van der Waals surface area contributed by atoms with Gasteiger partial charge in [0.25, 0.3) is 5.91 Å². The molecule has 0 aromatic carbocycles. The predicted octanol–water partition coefficient (Wildman–Crippen LogP) is 2.78. The lowest BCUT2D eigenvalue weighted by molar-refractivity contribution is 0.0952. The maximum Gasteiger partial charge on any atom is 0.253 e. The van der Waals surface area contributed by atoms with Crippen molar-refractivity contribution in [2.75, 3.05) is 6.54 Å². The Hall–Kier alpha value is -2.04. The zero-order valence-corrected chi connectivity index (χ0v) is 14.2. The van der Waals surface area contributed by atoms with E-state index < -0.39 is 0 Å². The summed E-state index contributed by atoms with van der Waals surface area (Å²) in [5.41, 5.74) is 2.87. The van der Waals surface area contributed by atoms with Gasteiger partial charge in [-0.1, -0.05) is 13.8 Å². The van der Waals surface area contributed by atoms with Crippen molar-refractivity contribution in [3.63, 3.8) is 0 Å². The Kier molecular flexibility index (Phi) is 5.06. The van der Waals surface area contributed by atoms with Crippen molar-refractivity contribution in [1.29, 1.82) is 0 Å². The lowest BCUT2D eigenvalue weighted by atomic mass is 10.2. The van der Waals surface area contributed by atoms with Gasteiger partial charge in [0.2, 0.25) is 0 Å². The number of nitrogens with zero attached hydrogens (tertiary/aromatic N) is 3. The van der Waals surface area contributed by atoms with Crippen LogP contribution in [0.25, 0.3) is 0 Å². The Morgan fingerprint density at radius 2 is 2.09 bits per heavy atom. The molecule has 2 aromatic heterocycles. The second kappa shape index (κ2) is 6.81. The third kappa shape index (κ3) is 3.40. The molecule has 0 unspecified atom stereocenters. The van der Waals surface area contributed by atoms with E-state index in [1.165, 1.54) is 0 Å². The Balaban J connectivity index is 1.85. The van der Waals surface area contributed by atoms with E-state index in [1.807, 2.05) is 43.9 Å². The molecule has 0 aliphatic carbocycles. The fourth-order valence-electron chi connectivity index (χ4n) is 2.64. The molecule has 22 heavy (non-hydrogen) atoms. The van der Waals surface area contributed by atoms with Gasteiger partial charge >= 0.3 is 0 Å². The molecule has 0 aliphatic heterocycles. The maximum atomic E-state index is 12.2. The van der Waals surface area contributed by atoms with Crippen LogP contribution in [0.5, 0.6) is 0 Å². The van der Waals surface area contributed by atoms with Crippen LogP contribution >= 0.6 is 0 Å². The molecule has 0 bridgehead atoms. The van der Waals surface area contributed by atoms with Gasteiger partial charge < -0.3 is 14.5 Å². The average molecular weight is 302 g/mol. The minimum absolute atomic E-state index is 0.0101. The summed E-state index contributed by atoms with van der Waals surface area (Å²) >= 11 is 0. The zero-order valence-electron chi connectivity index (χ0n) is 14.2. The van der Waals surface area contributed by atoms with Crippen LogP contribution in [0.1, 0.15) is 53.8 Å². The highest BCUT2D eigenvalue weighted by Gasteiger charge is 2.13. The van der Waals surface area contributed by atoms with E-state index in [9.17, 15) is 4.79 Å². The Morgan fingerprint density at radius 3 is 2.68 bits per heavy atom. The van der Waals surface area contributed by atoms with Crippen LogP contribution in [0.3, 0.4) is 0 Å². The number of carbonyl (C=O) groups excluding carboxylic acids is 1. The highest BCUT2D eigenvalue weighted by molar-refractivity contribution is 5.95.